The van der Waals surface area contributed by atoms with Gasteiger partial charge in [-0.3, -0.25) is 9.69 Å². The van der Waals surface area contributed by atoms with Crippen LogP contribution in [0.2, 0.25) is 0 Å². The summed E-state index contributed by atoms with van der Waals surface area (Å²) in [6.07, 6.45) is 3.74. The number of carbonyl (C=O) groups excluding carboxylic acids is 1. The molecular weight excluding hydrogens is 414 g/mol. The second-order valence-electron chi connectivity index (χ2n) is 8.11. The molecule has 1 N–H and O–H groups in total. The van der Waals surface area contributed by atoms with Crippen molar-refractivity contribution in [2.75, 3.05) is 31.6 Å². The quantitative estimate of drug-likeness (QED) is 0.679. The molecule has 0 unspecified atom stereocenters. The Labute approximate surface area is 184 Å². The highest BCUT2D eigenvalue weighted by Crippen LogP contribution is 2.33. The van der Waals surface area contributed by atoms with Gasteiger partial charge in [0.15, 0.2) is 0 Å². The largest absolute Gasteiger partial charge is 0.495 e. The average molecular weight is 444 g/mol. The molecule has 2 aromatic rings. The molecule has 31 heavy (non-hydrogen) atoms. The van der Waals surface area contributed by atoms with E-state index in [-0.39, 0.29) is 17.3 Å². The van der Waals surface area contributed by atoms with Crippen LogP contribution in [0, 0.1) is 0 Å². The zero-order valence-corrected chi connectivity index (χ0v) is 18.7. The van der Waals surface area contributed by atoms with E-state index in [2.05, 4.69) is 21.8 Å². The van der Waals surface area contributed by atoms with Crippen LogP contribution in [0.3, 0.4) is 0 Å². The molecule has 2 fully saturated rings. The van der Waals surface area contributed by atoms with Gasteiger partial charge >= 0.3 is 0 Å². The molecule has 2 aliphatic rings. The molecule has 0 radical (unpaired) electrons. The molecule has 4 rings (SSSR count). The second kappa shape index (κ2) is 9.38. The highest BCUT2D eigenvalue weighted by atomic mass is 32.2. The molecule has 2 aliphatic heterocycles. The van der Waals surface area contributed by atoms with Crippen LogP contribution in [0.25, 0.3) is 0 Å². The number of likely N-dealkylation sites (tertiary alicyclic amines) is 1. The fourth-order valence-electron chi connectivity index (χ4n) is 4.17. The van der Waals surface area contributed by atoms with Gasteiger partial charge in [-0.25, -0.2) is 13.1 Å². The normalized spacial score (nSPS) is 17.5. The lowest BCUT2D eigenvalue weighted by atomic mass is 10.1. The predicted octanol–water partition coefficient (Wildman–Crippen LogP) is 2.90. The van der Waals surface area contributed by atoms with E-state index in [1.807, 2.05) is 12.1 Å². The van der Waals surface area contributed by atoms with Crippen LogP contribution in [0.4, 0.5) is 5.69 Å². The summed E-state index contributed by atoms with van der Waals surface area (Å²) >= 11 is 0. The first-order chi connectivity index (χ1) is 15.0. The molecule has 2 saturated heterocycles. The van der Waals surface area contributed by atoms with Crippen molar-refractivity contribution in [3.63, 3.8) is 0 Å². The summed E-state index contributed by atoms with van der Waals surface area (Å²) in [6, 6.07) is 12.7. The van der Waals surface area contributed by atoms with E-state index in [4.69, 9.17) is 4.74 Å². The Bertz CT molecular complexity index is 1030. The Morgan fingerprint density at radius 1 is 0.968 bits per heavy atom. The van der Waals surface area contributed by atoms with E-state index in [1.54, 1.807) is 11.0 Å². The molecular formula is C23H29N3O4S. The van der Waals surface area contributed by atoms with Gasteiger partial charge in [-0.15, -0.1) is 0 Å². The molecule has 2 aromatic carbocycles. The summed E-state index contributed by atoms with van der Waals surface area (Å²) < 4.78 is 33.8. The number of anilines is 1. The Morgan fingerprint density at radius 3 is 2.32 bits per heavy atom. The minimum Gasteiger partial charge on any atom is -0.495 e. The third-order valence-electron chi connectivity index (χ3n) is 5.92. The van der Waals surface area contributed by atoms with Crippen molar-refractivity contribution in [3.05, 3.63) is 53.6 Å². The number of carbonyl (C=O) groups is 1. The monoisotopic (exact) mass is 443 g/mol. The fourth-order valence-corrected chi connectivity index (χ4v) is 5.21. The van der Waals surface area contributed by atoms with E-state index < -0.39 is 10.0 Å². The van der Waals surface area contributed by atoms with Gasteiger partial charge in [-0.2, -0.15) is 0 Å². The van der Waals surface area contributed by atoms with Crippen molar-refractivity contribution in [1.82, 2.24) is 9.62 Å². The predicted molar refractivity (Wildman–Crippen MR) is 120 cm³/mol. The van der Waals surface area contributed by atoms with Gasteiger partial charge in [-0.05, 0) is 61.7 Å². The highest BCUT2D eigenvalue weighted by Gasteiger charge is 2.26. The lowest BCUT2D eigenvalue weighted by Crippen LogP contribution is -2.26. The minimum atomic E-state index is -3.73. The minimum absolute atomic E-state index is 0.0187. The molecule has 7 nitrogen and oxygen atoms in total. The molecule has 0 bridgehead atoms. The Hall–Kier alpha value is -2.42. The molecule has 0 aromatic heterocycles. The molecule has 2 heterocycles. The maximum Gasteiger partial charge on any atom is 0.240 e. The van der Waals surface area contributed by atoms with Gasteiger partial charge in [-0.1, -0.05) is 24.3 Å². The third kappa shape index (κ3) is 5.08. The van der Waals surface area contributed by atoms with Crippen molar-refractivity contribution in [2.45, 2.75) is 43.7 Å². The second-order valence-corrected chi connectivity index (χ2v) is 9.87. The number of sulfonamides is 1. The standard InChI is InChI=1S/C23H29N3O4S/c1-30-22-11-10-20(15-21(22)26-14-4-5-23(26)27)31(28,29)24-16-18-6-8-19(9-7-18)17-25-12-2-3-13-25/h6-11,15,24H,2-5,12-14,16-17H2,1H3. The van der Waals surface area contributed by atoms with Crippen LogP contribution in [0.1, 0.15) is 36.8 Å². The average Bonchev–Trinajstić information content (AvgIpc) is 3.44. The number of amides is 1. The maximum absolute atomic E-state index is 12.9. The van der Waals surface area contributed by atoms with Gasteiger partial charge in [0.2, 0.25) is 15.9 Å². The third-order valence-corrected chi connectivity index (χ3v) is 7.32. The SMILES string of the molecule is COc1ccc(S(=O)(=O)NCc2ccc(CN3CCCC3)cc2)cc1N1CCCC1=O. The number of nitrogens with zero attached hydrogens (tertiary/aromatic N) is 2. The van der Waals surface area contributed by atoms with Crippen LogP contribution in [-0.4, -0.2) is 46.0 Å². The number of methoxy groups -OCH3 is 1. The lowest BCUT2D eigenvalue weighted by molar-refractivity contribution is -0.117. The van der Waals surface area contributed by atoms with Crippen LogP contribution in [0.15, 0.2) is 47.4 Å². The summed E-state index contributed by atoms with van der Waals surface area (Å²) in [5.74, 6) is 0.470. The topological polar surface area (TPSA) is 79.0 Å². The molecule has 0 atom stereocenters. The number of benzene rings is 2. The molecule has 1 amide bonds. The lowest BCUT2D eigenvalue weighted by Gasteiger charge is -2.20. The van der Waals surface area contributed by atoms with Gasteiger partial charge in [0.25, 0.3) is 0 Å². The van der Waals surface area contributed by atoms with E-state index in [0.29, 0.717) is 24.4 Å². The summed E-state index contributed by atoms with van der Waals surface area (Å²) in [5.41, 5.74) is 2.64. The zero-order chi connectivity index (χ0) is 21.8. The highest BCUT2D eigenvalue weighted by molar-refractivity contribution is 7.89. The van der Waals surface area contributed by atoms with Crippen molar-refractivity contribution < 1.29 is 17.9 Å². The molecule has 8 heteroatoms. The Balaban J connectivity index is 1.44. The molecule has 166 valence electrons. The first kappa shape index (κ1) is 21.8. The van der Waals surface area contributed by atoms with Crippen molar-refractivity contribution in [2.24, 2.45) is 0 Å². The first-order valence-electron chi connectivity index (χ1n) is 10.7. The van der Waals surface area contributed by atoms with E-state index in [9.17, 15) is 13.2 Å². The summed E-state index contributed by atoms with van der Waals surface area (Å²) in [6.45, 7) is 4.00. The van der Waals surface area contributed by atoms with Crippen LogP contribution >= 0.6 is 0 Å². The van der Waals surface area contributed by atoms with Crippen LogP contribution < -0.4 is 14.4 Å². The Morgan fingerprint density at radius 2 is 1.68 bits per heavy atom. The van der Waals surface area contributed by atoms with E-state index >= 15 is 0 Å². The van der Waals surface area contributed by atoms with Crippen molar-refractivity contribution in [3.8, 4) is 5.75 Å². The Kier molecular flexibility index (Phi) is 6.60. The maximum atomic E-state index is 12.9. The zero-order valence-electron chi connectivity index (χ0n) is 17.8. The van der Waals surface area contributed by atoms with Crippen molar-refractivity contribution >= 4 is 21.6 Å². The number of rotatable bonds is 8. The van der Waals surface area contributed by atoms with E-state index in [0.717, 1.165) is 31.6 Å². The van der Waals surface area contributed by atoms with Gasteiger partial charge in [0.1, 0.15) is 5.75 Å². The van der Waals surface area contributed by atoms with Crippen LogP contribution in [0.5, 0.6) is 5.75 Å². The molecule has 0 aliphatic carbocycles. The van der Waals surface area contributed by atoms with Gasteiger partial charge in [0, 0.05) is 26.1 Å². The summed E-state index contributed by atoms with van der Waals surface area (Å²) in [4.78, 5) is 16.3. The number of ether oxygens (including phenoxy) is 1. The van der Waals surface area contributed by atoms with Crippen LogP contribution in [-0.2, 0) is 27.9 Å². The molecule has 0 spiro atoms. The van der Waals surface area contributed by atoms with E-state index in [1.165, 1.54) is 37.6 Å². The van der Waals surface area contributed by atoms with Crippen molar-refractivity contribution in [1.29, 1.82) is 0 Å². The molecule has 0 saturated carbocycles. The number of hydrogen-bond acceptors (Lipinski definition) is 5. The summed E-state index contributed by atoms with van der Waals surface area (Å²) in [5, 5.41) is 0. The first-order valence-corrected chi connectivity index (χ1v) is 12.2. The summed E-state index contributed by atoms with van der Waals surface area (Å²) in [7, 11) is -2.22. The smallest absolute Gasteiger partial charge is 0.240 e. The fraction of sp³-hybridized carbons (Fsp3) is 0.435. The number of nitrogens with one attached hydrogen (secondary N) is 1. The number of hydrogen-bond donors (Lipinski definition) is 1. The van der Waals surface area contributed by atoms with Gasteiger partial charge in [0.05, 0.1) is 17.7 Å². The van der Waals surface area contributed by atoms with Gasteiger partial charge < -0.3 is 9.64 Å².